The molecule has 1 amide bonds. The molecule has 0 bridgehead atoms. The zero-order valence-electron chi connectivity index (χ0n) is 16.5. The Hall–Kier alpha value is -3.80. The molecule has 2 aromatic carbocycles. The van der Waals surface area contributed by atoms with Crippen molar-refractivity contribution in [3.8, 4) is 11.3 Å². The minimum atomic E-state index is 0.0885. The molecule has 0 N–H and O–H groups in total. The first kappa shape index (κ1) is 18.2. The molecular weight excluding hydrogens is 374 g/mol. The molecular formula is C24H21N5O. The van der Waals surface area contributed by atoms with Gasteiger partial charge in [-0.2, -0.15) is 0 Å². The van der Waals surface area contributed by atoms with Gasteiger partial charge in [0.1, 0.15) is 0 Å². The maximum Gasteiger partial charge on any atom is 0.254 e. The van der Waals surface area contributed by atoms with Crippen LogP contribution in [0.5, 0.6) is 0 Å². The molecule has 0 saturated carbocycles. The Morgan fingerprint density at radius 3 is 2.30 bits per heavy atom. The average Bonchev–Trinajstić information content (AvgIpc) is 2.84. The number of aromatic nitrogens is 3. The molecule has 5 rings (SSSR count). The second-order valence-corrected chi connectivity index (χ2v) is 7.32. The molecule has 0 atom stereocenters. The van der Waals surface area contributed by atoms with Crippen molar-refractivity contribution in [2.75, 3.05) is 31.1 Å². The van der Waals surface area contributed by atoms with E-state index in [-0.39, 0.29) is 5.91 Å². The van der Waals surface area contributed by atoms with Gasteiger partial charge in [-0.3, -0.25) is 9.78 Å². The number of nitrogens with zero attached hydrogens (tertiary/aromatic N) is 5. The lowest BCUT2D eigenvalue weighted by Crippen LogP contribution is -2.49. The zero-order chi connectivity index (χ0) is 20.3. The highest BCUT2D eigenvalue weighted by Crippen LogP contribution is 2.22. The summed E-state index contributed by atoms with van der Waals surface area (Å²) in [5, 5.41) is 10.9. The van der Waals surface area contributed by atoms with E-state index in [1.54, 1.807) is 12.4 Å². The summed E-state index contributed by atoms with van der Waals surface area (Å²) < 4.78 is 0. The number of anilines is 1. The van der Waals surface area contributed by atoms with E-state index in [1.807, 2.05) is 71.6 Å². The van der Waals surface area contributed by atoms with Gasteiger partial charge in [0.25, 0.3) is 5.91 Å². The van der Waals surface area contributed by atoms with Crippen molar-refractivity contribution in [1.82, 2.24) is 20.1 Å². The molecule has 6 nitrogen and oxygen atoms in total. The van der Waals surface area contributed by atoms with E-state index < -0.39 is 0 Å². The van der Waals surface area contributed by atoms with Gasteiger partial charge in [-0.15, -0.1) is 10.2 Å². The van der Waals surface area contributed by atoms with E-state index in [0.717, 1.165) is 46.5 Å². The third kappa shape index (κ3) is 3.48. The largest absolute Gasteiger partial charge is 0.352 e. The number of amides is 1. The van der Waals surface area contributed by atoms with Gasteiger partial charge in [-0.05, 0) is 41.1 Å². The first-order chi connectivity index (χ1) is 14.8. The van der Waals surface area contributed by atoms with Crippen LogP contribution in [0.15, 0.2) is 79.1 Å². The molecule has 30 heavy (non-hydrogen) atoms. The van der Waals surface area contributed by atoms with Crippen molar-refractivity contribution >= 4 is 22.5 Å². The number of carbonyl (C=O) groups excluding carboxylic acids is 1. The molecule has 1 fully saturated rings. The molecule has 1 aliphatic heterocycles. The van der Waals surface area contributed by atoms with Crippen molar-refractivity contribution in [1.29, 1.82) is 0 Å². The average molecular weight is 395 g/mol. The van der Waals surface area contributed by atoms with Gasteiger partial charge in [0.05, 0.1) is 5.69 Å². The molecule has 3 heterocycles. The predicted octanol–water partition coefficient (Wildman–Crippen LogP) is 3.65. The molecule has 0 aliphatic carbocycles. The lowest BCUT2D eigenvalue weighted by molar-refractivity contribution is 0.0748. The minimum Gasteiger partial charge on any atom is -0.352 e. The highest BCUT2D eigenvalue weighted by Gasteiger charge is 2.24. The summed E-state index contributed by atoms with van der Waals surface area (Å²) >= 11 is 0. The summed E-state index contributed by atoms with van der Waals surface area (Å²) in [6, 6.07) is 21.7. The summed E-state index contributed by atoms with van der Waals surface area (Å²) in [4.78, 5) is 21.3. The highest BCUT2D eigenvalue weighted by molar-refractivity contribution is 6.07. The summed E-state index contributed by atoms with van der Waals surface area (Å²) in [7, 11) is 0. The topological polar surface area (TPSA) is 62.2 Å². The van der Waals surface area contributed by atoms with E-state index in [9.17, 15) is 4.79 Å². The zero-order valence-corrected chi connectivity index (χ0v) is 16.5. The lowest BCUT2D eigenvalue weighted by atomic mass is 10.0. The molecule has 2 aromatic heterocycles. The number of piperazine rings is 1. The molecule has 0 unspecified atom stereocenters. The van der Waals surface area contributed by atoms with Crippen LogP contribution in [0.2, 0.25) is 0 Å². The van der Waals surface area contributed by atoms with E-state index in [2.05, 4.69) is 20.1 Å². The summed E-state index contributed by atoms with van der Waals surface area (Å²) in [5.41, 5.74) is 2.59. The first-order valence-electron chi connectivity index (χ1n) is 10.1. The molecule has 0 spiro atoms. The normalized spacial score (nSPS) is 14.1. The fourth-order valence-corrected chi connectivity index (χ4v) is 3.89. The molecule has 0 radical (unpaired) electrons. The van der Waals surface area contributed by atoms with Crippen LogP contribution in [0.4, 0.5) is 5.82 Å². The van der Waals surface area contributed by atoms with Crippen LogP contribution in [0.25, 0.3) is 22.0 Å². The molecule has 148 valence electrons. The molecule has 6 heteroatoms. The highest BCUT2D eigenvalue weighted by atomic mass is 16.2. The van der Waals surface area contributed by atoms with Crippen molar-refractivity contribution < 1.29 is 4.79 Å². The quantitative estimate of drug-likeness (QED) is 0.530. The Bertz CT molecular complexity index is 1160. The number of fused-ring (bicyclic) bond motifs is 1. The molecule has 4 aromatic rings. The van der Waals surface area contributed by atoms with E-state index >= 15 is 0 Å². The van der Waals surface area contributed by atoms with Crippen LogP contribution in [0.1, 0.15) is 10.4 Å². The van der Waals surface area contributed by atoms with Crippen LogP contribution in [-0.2, 0) is 0 Å². The van der Waals surface area contributed by atoms with Crippen molar-refractivity contribution in [2.24, 2.45) is 0 Å². The number of rotatable bonds is 3. The second kappa shape index (κ2) is 7.91. The smallest absolute Gasteiger partial charge is 0.254 e. The SMILES string of the molecule is O=C(c1cccc2ccccc12)N1CCN(c2ccc(-c3ccncc3)nn2)CC1. The number of hydrogen-bond donors (Lipinski definition) is 0. The Morgan fingerprint density at radius 2 is 1.53 bits per heavy atom. The third-order valence-corrected chi connectivity index (χ3v) is 5.54. The minimum absolute atomic E-state index is 0.0885. The van der Waals surface area contributed by atoms with Gasteiger partial charge in [0.15, 0.2) is 5.82 Å². The van der Waals surface area contributed by atoms with Gasteiger partial charge < -0.3 is 9.80 Å². The van der Waals surface area contributed by atoms with Crippen molar-refractivity contribution in [3.05, 3.63) is 84.7 Å². The van der Waals surface area contributed by atoms with Gasteiger partial charge in [0.2, 0.25) is 0 Å². The van der Waals surface area contributed by atoms with Crippen molar-refractivity contribution in [2.45, 2.75) is 0 Å². The Labute approximate surface area is 174 Å². The standard InChI is InChI=1S/C24H21N5O/c30-24(21-7-3-5-18-4-1-2-6-20(18)21)29-16-14-28(15-17-29)23-9-8-22(26-27-23)19-10-12-25-13-11-19/h1-13H,14-17H2. The molecule has 1 saturated heterocycles. The van der Waals surface area contributed by atoms with Crippen LogP contribution >= 0.6 is 0 Å². The monoisotopic (exact) mass is 395 g/mol. The summed E-state index contributed by atoms with van der Waals surface area (Å²) in [6.07, 6.45) is 3.49. The van der Waals surface area contributed by atoms with Gasteiger partial charge >= 0.3 is 0 Å². The fraction of sp³-hybridized carbons (Fsp3) is 0.167. The Kier molecular flexibility index (Phi) is 4.81. The Balaban J connectivity index is 1.28. The van der Waals surface area contributed by atoms with Gasteiger partial charge in [-0.25, -0.2) is 0 Å². The van der Waals surface area contributed by atoms with Crippen LogP contribution in [0.3, 0.4) is 0 Å². The number of carbonyl (C=O) groups is 1. The maximum absolute atomic E-state index is 13.1. The number of pyridine rings is 1. The summed E-state index contributed by atoms with van der Waals surface area (Å²) in [6.45, 7) is 2.80. The van der Waals surface area contributed by atoms with E-state index in [4.69, 9.17) is 0 Å². The van der Waals surface area contributed by atoms with Crippen LogP contribution in [-0.4, -0.2) is 52.2 Å². The number of benzene rings is 2. The van der Waals surface area contributed by atoms with Gasteiger partial charge in [-0.1, -0.05) is 36.4 Å². The lowest BCUT2D eigenvalue weighted by Gasteiger charge is -2.35. The van der Waals surface area contributed by atoms with E-state index in [1.165, 1.54) is 0 Å². The predicted molar refractivity (Wildman–Crippen MR) is 117 cm³/mol. The first-order valence-corrected chi connectivity index (χ1v) is 10.1. The maximum atomic E-state index is 13.1. The Morgan fingerprint density at radius 1 is 0.767 bits per heavy atom. The third-order valence-electron chi connectivity index (χ3n) is 5.54. The van der Waals surface area contributed by atoms with Crippen molar-refractivity contribution in [3.63, 3.8) is 0 Å². The van der Waals surface area contributed by atoms with Crippen LogP contribution < -0.4 is 4.90 Å². The second-order valence-electron chi connectivity index (χ2n) is 7.32. The number of hydrogen-bond acceptors (Lipinski definition) is 5. The summed E-state index contributed by atoms with van der Waals surface area (Å²) in [5.74, 6) is 0.927. The van der Waals surface area contributed by atoms with Crippen LogP contribution in [0, 0.1) is 0 Å². The molecule has 1 aliphatic rings. The van der Waals surface area contributed by atoms with E-state index in [0.29, 0.717) is 13.1 Å². The van der Waals surface area contributed by atoms with Gasteiger partial charge in [0, 0.05) is 49.7 Å². The fourth-order valence-electron chi connectivity index (χ4n) is 3.89.